The van der Waals surface area contributed by atoms with Crippen molar-refractivity contribution < 1.29 is 4.79 Å². The molecule has 0 aliphatic heterocycles. The van der Waals surface area contributed by atoms with E-state index >= 15 is 0 Å². The molecule has 2 N–H and O–H groups in total. The minimum atomic E-state index is -0.112. The van der Waals surface area contributed by atoms with E-state index in [-0.39, 0.29) is 11.0 Å². The highest BCUT2D eigenvalue weighted by Crippen LogP contribution is 2.19. The second-order valence-electron chi connectivity index (χ2n) is 4.95. The van der Waals surface area contributed by atoms with E-state index in [0.29, 0.717) is 17.9 Å². The molecule has 22 heavy (non-hydrogen) atoms. The molecule has 0 radical (unpaired) electrons. The number of aryl methyl sites for hydroxylation is 2. The Morgan fingerprint density at radius 2 is 1.91 bits per heavy atom. The standard InChI is InChI=1S/C17H17ClN2OS/c1-12-7-9-14(11-15(12)18)19-17(22)20-16(21)10-8-13-5-3-2-4-6-13/h2-7,9,11H,8,10H2,1H3,(H2,19,20,21,22). The molecular weight excluding hydrogens is 316 g/mol. The highest BCUT2D eigenvalue weighted by Gasteiger charge is 2.06. The van der Waals surface area contributed by atoms with Crippen LogP contribution < -0.4 is 10.6 Å². The van der Waals surface area contributed by atoms with Gasteiger partial charge in [0.15, 0.2) is 5.11 Å². The third kappa shape index (κ3) is 5.13. The minimum Gasteiger partial charge on any atom is -0.332 e. The summed E-state index contributed by atoms with van der Waals surface area (Å²) in [4.78, 5) is 11.9. The lowest BCUT2D eigenvalue weighted by Gasteiger charge is -2.10. The summed E-state index contributed by atoms with van der Waals surface area (Å²) >= 11 is 11.2. The quantitative estimate of drug-likeness (QED) is 0.828. The topological polar surface area (TPSA) is 41.1 Å². The summed E-state index contributed by atoms with van der Waals surface area (Å²) in [6.45, 7) is 1.93. The van der Waals surface area contributed by atoms with Gasteiger partial charge >= 0.3 is 0 Å². The fourth-order valence-electron chi connectivity index (χ4n) is 1.92. The van der Waals surface area contributed by atoms with Gasteiger partial charge in [0.2, 0.25) is 5.91 Å². The van der Waals surface area contributed by atoms with Crippen LogP contribution in [0.4, 0.5) is 5.69 Å². The zero-order chi connectivity index (χ0) is 15.9. The maximum Gasteiger partial charge on any atom is 0.226 e. The molecule has 0 atom stereocenters. The molecule has 0 unspecified atom stereocenters. The van der Waals surface area contributed by atoms with Gasteiger partial charge in [-0.3, -0.25) is 4.79 Å². The second-order valence-corrected chi connectivity index (χ2v) is 5.77. The van der Waals surface area contributed by atoms with Gasteiger partial charge in [-0.2, -0.15) is 0 Å². The maximum absolute atomic E-state index is 11.9. The summed E-state index contributed by atoms with van der Waals surface area (Å²) in [6, 6.07) is 15.4. The number of anilines is 1. The monoisotopic (exact) mass is 332 g/mol. The highest BCUT2D eigenvalue weighted by atomic mass is 35.5. The molecule has 114 valence electrons. The molecule has 0 bridgehead atoms. The lowest BCUT2D eigenvalue weighted by Crippen LogP contribution is -2.34. The Morgan fingerprint density at radius 1 is 1.18 bits per heavy atom. The van der Waals surface area contributed by atoms with Crippen molar-refractivity contribution >= 4 is 40.5 Å². The van der Waals surface area contributed by atoms with E-state index in [9.17, 15) is 4.79 Å². The zero-order valence-corrected chi connectivity index (χ0v) is 13.8. The van der Waals surface area contributed by atoms with Crippen LogP contribution in [0, 0.1) is 6.92 Å². The molecule has 1 amide bonds. The van der Waals surface area contributed by atoms with Crippen LogP contribution in [0.5, 0.6) is 0 Å². The molecule has 0 spiro atoms. The first kappa shape index (κ1) is 16.5. The van der Waals surface area contributed by atoms with E-state index in [1.807, 2.05) is 49.4 Å². The Bertz CT molecular complexity index is 674. The Labute approximate surface area is 140 Å². The number of hydrogen-bond acceptors (Lipinski definition) is 2. The molecular formula is C17H17ClN2OS. The van der Waals surface area contributed by atoms with Gasteiger partial charge in [-0.05, 0) is 48.8 Å². The number of thiocarbonyl (C=S) groups is 1. The number of carbonyl (C=O) groups excluding carboxylic acids is 1. The van der Waals surface area contributed by atoms with Crippen molar-refractivity contribution in [1.29, 1.82) is 0 Å². The summed E-state index contributed by atoms with van der Waals surface area (Å²) < 4.78 is 0. The summed E-state index contributed by atoms with van der Waals surface area (Å²) in [5.41, 5.74) is 2.87. The van der Waals surface area contributed by atoms with E-state index in [1.165, 1.54) is 0 Å². The lowest BCUT2D eigenvalue weighted by molar-refractivity contribution is -0.119. The summed E-state index contributed by atoms with van der Waals surface area (Å²) in [7, 11) is 0. The molecule has 0 aromatic heterocycles. The summed E-state index contributed by atoms with van der Waals surface area (Å²) in [5, 5.41) is 6.56. The Hall–Kier alpha value is -1.91. The fourth-order valence-corrected chi connectivity index (χ4v) is 2.34. The molecule has 0 saturated carbocycles. The summed E-state index contributed by atoms with van der Waals surface area (Å²) in [6.07, 6.45) is 1.08. The normalized spacial score (nSPS) is 10.1. The Kier molecular flexibility index (Phi) is 5.92. The van der Waals surface area contributed by atoms with Crippen LogP contribution in [0.1, 0.15) is 17.5 Å². The van der Waals surface area contributed by atoms with Gasteiger partial charge in [0, 0.05) is 17.1 Å². The minimum absolute atomic E-state index is 0.112. The number of halogens is 1. The molecule has 2 rings (SSSR count). The number of amides is 1. The first-order chi connectivity index (χ1) is 10.5. The number of nitrogens with one attached hydrogen (secondary N) is 2. The largest absolute Gasteiger partial charge is 0.332 e. The van der Waals surface area contributed by atoms with Gasteiger partial charge in [-0.15, -0.1) is 0 Å². The summed E-state index contributed by atoms with van der Waals surface area (Å²) in [5.74, 6) is -0.112. The molecule has 0 aliphatic carbocycles. The Balaban J connectivity index is 1.81. The number of benzene rings is 2. The van der Waals surface area contributed by atoms with Gasteiger partial charge in [0.1, 0.15) is 0 Å². The molecule has 0 fully saturated rings. The number of carbonyl (C=O) groups is 1. The van der Waals surface area contributed by atoms with Gasteiger partial charge in [-0.1, -0.05) is 48.0 Å². The third-order valence-electron chi connectivity index (χ3n) is 3.17. The smallest absolute Gasteiger partial charge is 0.226 e. The van der Waals surface area contributed by atoms with E-state index < -0.39 is 0 Å². The molecule has 0 aliphatic rings. The average Bonchev–Trinajstić information content (AvgIpc) is 2.50. The van der Waals surface area contributed by atoms with Crippen molar-refractivity contribution in [2.24, 2.45) is 0 Å². The van der Waals surface area contributed by atoms with Crippen molar-refractivity contribution in [2.75, 3.05) is 5.32 Å². The van der Waals surface area contributed by atoms with Crippen LogP contribution in [-0.2, 0) is 11.2 Å². The van der Waals surface area contributed by atoms with E-state index in [1.54, 1.807) is 6.07 Å². The van der Waals surface area contributed by atoms with Gasteiger partial charge in [-0.25, -0.2) is 0 Å². The molecule has 0 saturated heterocycles. The fraction of sp³-hybridized carbons (Fsp3) is 0.176. The third-order valence-corrected chi connectivity index (χ3v) is 3.78. The SMILES string of the molecule is Cc1ccc(NC(=S)NC(=O)CCc2ccccc2)cc1Cl. The van der Waals surface area contributed by atoms with Gasteiger partial charge in [0.25, 0.3) is 0 Å². The first-order valence-corrected chi connectivity index (χ1v) is 7.74. The van der Waals surface area contributed by atoms with E-state index in [4.69, 9.17) is 23.8 Å². The average molecular weight is 333 g/mol. The highest BCUT2D eigenvalue weighted by molar-refractivity contribution is 7.80. The van der Waals surface area contributed by atoms with E-state index in [0.717, 1.165) is 16.8 Å². The van der Waals surface area contributed by atoms with Crippen LogP contribution >= 0.6 is 23.8 Å². The number of hydrogen-bond donors (Lipinski definition) is 2. The van der Waals surface area contributed by atoms with Crippen LogP contribution in [0.3, 0.4) is 0 Å². The molecule has 3 nitrogen and oxygen atoms in total. The maximum atomic E-state index is 11.9. The molecule has 5 heteroatoms. The van der Waals surface area contributed by atoms with Gasteiger partial charge in [0.05, 0.1) is 0 Å². The molecule has 2 aromatic carbocycles. The van der Waals surface area contributed by atoms with Crippen molar-refractivity contribution in [3.63, 3.8) is 0 Å². The van der Waals surface area contributed by atoms with Crippen molar-refractivity contribution in [2.45, 2.75) is 19.8 Å². The van der Waals surface area contributed by atoms with Crippen LogP contribution in [-0.4, -0.2) is 11.0 Å². The predicted molar refractivity (Wildman–Crippen MR) is 95.3 cm³/mol. The van der Waals surface area contributed by atoms with Crippen molar-refractivity contribution in [1.82, 2.24) is 5.32 Å². The van der Waals surface area contributed by atoms with E-state index in [2.05, 4.69) is 10.6 Å². The predicted octanol–water partition coefficient (Wildman–Crippen LogP) is 4.09. The zero-order valence-electron chi connectivity index (χ0n) is 12.2. The van der Waals surface area contributed by atoms with Crippen LogP contribution in [0.2, 0.25) is 5.02 Å². The van der Waals surface area contributed by atoms with Crippen LogP contribution in [0.15, 0.2) is 48.5 Å². The first-order valence-electron chi connectivity index (χ1n) is 6.95. The number of rotatable bonds is 4. The second kappa shape index (κ2) is 7.92. The van der Waals surface area contributed by atoms with Crippen molar-refractivity contribution in [3.05, 3.63) is 64.7 Å². The lowest BCUT2D eigenvalue weighted by atomic mass is 10.1. The Morgan fingerprint density at radius 3 is 2.59 bits per heavy atom. The molecule has 2 aromatic rings. The van der Waals surface area contributed by atoms with Crippen molar-refractivity contribution in [3.8, 4) is 0 Å². The molecule has 0 heterocycles. The van der Waals surface area contributed by atoms with Gasteiger partial charge < -0.3 is 10.6 Å². The van der Waals surface area contributed by atoms with Crippen LogP contribution in [0.25, 0.3) is 0 Å².